The third-order valence-electron chi connectivity index (χ3n) is 5.07. The van der Waals surface area contributed by atoms with E-state index in [0.29, 0.717) is 12.0 Å². The zero-order valence-electron chi connectivity index (χ0n) is 18.4. The van der Waals surface area contributed by atoms with Crippen LogP contribution in [0, 0.1) is 5.92 Å². The Hall–Kier alpha value is -2.79. The van der Waals surface area contributed by atoms with Gasteiger partial charge < -0.3 is 31.9 Å². The Morgan fingerprint density at radius 1 is 1.00 bits per heavy atom. The molecule has 0 aliphatic rings. The number of carbonyl (C=O) groups excluding carboxylic acids is 3. The number of amides is 3. The predicted octanol–water partition coefficient (Wildman–Crippen LogP) is -0.203. The Morgan fingerprint density at radius 3 is 2.09 bits per heavy atom. The molecule has 0 heterocycles. The van der Waals surface area contributed by atoms with Crippen molar-refractivity contribution in [1.29, 1.82) is 0 Å². The average Bonchev–Trinajstić information content (AvgIpc) is 2.76. The van der Waals surface area contributed by atoms with Crippen molar-refractivity contribution in [2.24, 2.45) is 11.7 Å². The van der Waals surface area contributed by atoms with Crippen molar-refractivity contribution in [2.75, 3.05) is 5.75 Å². The zero-order chi connectivity index (χ0) is 24.4. The molecular weight excluding hydrogens is 436 g/mol. The van der Waals surface area contributed by atoms with Crippen molar-refractivity contribution in [3.8, 4) is 5.75 Å². The molecule has 0 aromatic heterocycles. The smallest absolute Gasteiger partial charge is 0.326 e. The molecule has 0 saturated carbocycles. The van der Waals surface area contributed by atoms with Crippen molar-refractivity contribution >= 4 is 36.3 Å². The quantitative estimate of drug-likeness (QED) is 0.208. The molecule has 0 aliphatic heterocycles. The van der Waals surface area contributed by atoms with Crippen LogP contribution in [0.5, 0.6) is 5.75 Å². The van der Waals surface area contributed by atoms with E-state index in [0.717, 1.165) is 0 Å². The van der Waals surface area contributed by atoms with Gasteiger partial charge in [0.2, 0.25) is 17.7 Å². The molecule has 32 heavy (non-hydrogen) atoms. The van der Waals surface area contributed by atoms with E-state index in [1.165, 1.54) is 19.1 Å². The van der Waals surface area contributed by atoms with Crippen LogP contribution in [0.3, 0.4) is 0 Å². The van der Waals surface area contributed by atoms with Gasteiger partial charge in [-0.2, -0.15) is 12.6 Å². The molecule has 5 unspecified atom stereocenters. The SMILES string of the molecule is CCC(C)C(NC(=O)C(N)CS)C(=O)NC(C)C(=O)NC(Cc1ccc(O)cc1)C(=O)O. The van der Waals surface area contributed by atoms with Crippen LogP contribution in [-0.4, -0.2) is 63.8 Å². The molecule has 0 bridgehead atoms. The first-order chi connectivity index (χ1) is 15.0. The molecule has 0 radical (unpaired) electrons. The average molecular weight is 469 g/mol. The minimum absolute atomic E-state index is 0.00477. The van der Waals surface area contributed by atoms with Crippen molar-refractivity contribution in [1.82, 2.24) is 16.0 Å². The fourth-order valence-corrected chi connectivity index (χ4v) is 2.94. The van der Waals surface area contributed by atoms with Gasteiger partial charge in [0.05, 0.1) is 6.04 Å². The van der Waals surface area contributed by atoms with Crippen LogP contribution in [0.1, 0.15) is 32.8 Å². The van der Waals surface area contributed by atoms with Crippen LogP contribution >= 0.6 is 12.6 Å². The van der Waals surface area contributed by atoms with Crippen molar-refractivity contribution in [3.63, 3.8) is 0 Å². The van der Waals surface area contributed by atoms with Crippen LogP contribution in [-0.2, 0) is 25.6 Å². The lowest BCUT2D eigenvalue weighted by atomic mass is 9.97. The number of carboxylic acid groups (broad SMARTS) is 1. The fourth-order valence-electron chi connectivity index (χ4n) is 2.78. The van der Waals surface area contributed by atoms with Gasteiger partial charge in [-0.15, -0.1) is 0 Å². The summed E-state index contributed by atoms with van der Waals surface area (Å²) < 4.78 is 0. The van der Waals surface area contributed by atoms with Crippen LogP contribution in [0.2, 0.25) is 0 Å². The van der Waals surface area contributed by atoms with Crippen molar-refractivity contribution < 1.29 is 29.4 Å². The standard InChI is InChI=1S/C21H32N4O6S/c1-4-11(2)17(25-19(28)15(22)10-32)20(29)23-12(3)18(27)24-16(21(30)31)9-13-5-7-14(26)8-6-13/h5-8,11-12,15-17,26,32H,4,9-10,22H2,1-3H3,(H,23,29)(H,24,27)(H,25,28)(H,30,31). The number of aromatic hydroxyl groups is 1. The molecule has 178 valence electrons. The second kappa shape index (κ2) is 12.9. The van der Waals surface area contributed by atoms with E-state index in [9.17, 15) is 29.4 Å². The summed E-state index contributed by atoms with van der Waals surface area (Å²) in [6.45, 7) is 5.05. The number of carboxylic acids is 1. The van der Waals surface area contributed by atoms with Crippen molar-refractivity contribution in [3.05, 3.63) is 29.8 Å². The number of nitrogens with two attached hydrogens (primary N) is 1. The van der Waals surface area contributed by atoms with Crippen LogP contribution in [0.25, 0.3) is 0 Å². The highest BCUT2D eigenvalue weighted by atomic mass is 32.1. The monoisotopic (exact) mass is 468 g/mol. The summed E-state index contributed by atoms with van der Waals surface area (Å²) >= 11 is 3.98. The lowest BCUT2D eigenvalue weighted by Gasteiger charge is -2.26. The maximum atomic E-state index is 12.7. The number of thiol groups is 1. The number of carbonyl (C=O) groups is 4. The summed E-state index contributed by atoms with van der Waals surface area (Å²) in [5, 5.41) is 26.3. The molecule has 10 nitrogen and oxygen atoms in total. The lowest BCUT2D eigenvalue weighted by molar-refractivity contribution is -0.142. The normalized spacial score (nSPS) is 15.5. The Balaban J connectivity index is 2.80. The van der Waals surface area contributed by atoms with Gasteiger partial charge in [-0.1, -0.05) is 32.4 Å². The summed E-state index contributed by atoms with van der Waals surface area (Å²) in [6, 6.07) is 1.87. The third-order valence-corrected chi connectivity index (χ3v) is 5.46. The number of benzene rings is 1. The summed E-state index contributed by atoms with van der Waals surface area (Å²) in [6.07, 6.45) is 0.581. The van der Waals surface area contributed by atoms with E-state index >= 15 is 0 Å². The van der Waals surface area contributed by atoms with Crippen LogP contribution in [0.4, 0.5) is 0 Å². The fraction of sp³-hybridized carbons (Fsp3) is 0.524. The minimum atomic E-state index is -1.24. The Morgan fingerprint density at radius 2 is 1.59 bits per heavy atom. The molecule has 3 amide bonds. The Labute approximate surface area is 192 Å². The highest BCUT2D eigenvalue weighted by molar-refractivity contribution is 7.80. The highest BCUT2D eigenvalue weighted by Gasteiger charge is 2.30. The first-order valence-electron chi connectivity index (χ1n) is 10.3. The molecular formula is C21H32N4O6S. The van der Waals surface area contributed by atoms with E-state index in [4.69, 9.17) is 5.73 Å². The summed E-state index contributed by atoms with van der Waals surface area (Å²) in [7, 11) is 0. The Kier molecular flexibility index (Phi) is 11.0. The number of aliphatic carboxylic acids is 1. The van der Waals surface area contributed by atoms with Crippen LogP contribution < -0.4 is 21.7 Å². The van der Waals surface area contributed by atoms with Gasteiger partial charge in [0, 0.05) is 12.2 Å². The molecule has 0 saturated heterocycles. The molecule has 11 heteroatoms. The van der Waals surface area contributed by atoms with Crippen molar-refractivity contribution in [2.45, 2.75) is 57.8 Å². The van der Waals surface area contributed by atoms with E-state index < -0.39 is 47.9 Å². The molecule has 1 aromatic carbocycles. The molecule has 5 atom stereocenters. The zero-order valence-corrected chi connectivity index (χ0v) is 19.3. The van der Waals surface area contributed by atoms with E-state index in [1.807, 2.05) is 6.92 Å². The number of phenols is 1. The number of rotatable bonds is 12. The molecule has 0 aliphatic carbocycles. The molecule has 0 spiro atoms. The molecule has 1 aromatic rings. The van der Waals surface area contributed by atoms with E-state index in [1.54, 1.807) is 19.1 Å². The summed E-state index contributed by atoms with van der Waals surface area (Å²) in [4.78, 5) is 49.0. The van der Waals surface area contributed by atoms with E-state index in [2.05, 4.69) is 28.6 Å². The minimum Gasteiger partial charge on any atom is -0.508 e. The summed E-state index contributed by atoms with van der Waals surface area (Å²) in [5.74, 6) is -3.12. The second-order valence-electron chi connectivity index (χ2n) is 7.66. The lowest BCUT2D eigenvalue weighted by Crippen LogP contribution is -2.58. The first-order valence-corrected chi connectivity index (χ1v) is 10.9. The number of nitrogens with one attached hydrogen (secondary N) is 3. The van der Waals surface area contributed by atoms with Gasteiger partial charge in [-0.05, 0) is 30.5 Å². The maximum absolute atomic E-state index is 12.7. The van der Waals surface area contributed by atoms with Gasteiger partial charge in [-0.25, -0.2) is 4.79 Å². The molecule has 1 rings (SSSR count). The largest absolute Gasteiger partial charge is 0.508 e. The number of hydrogen-bond donors (Lipinski definition) is 7. The van der Waals surface area contributed by atoms with Gasteiger partial charge in [0.1, 0.15) is 23.9 Å². The highest BCUT2D eigenvalue weighted by Crippen LogP contribution is 2.12. The van der Waals surface area contributed by atoms with E-state index in [-0.39, 0.29) is 23.8 Å². The topological polar surface area (TPSA) is 171 Å². The maximum Gasteiger partial charge on any atom is 0.326 e. The Bertz CT molecular complexity index is 804. The summed E-state index contributed by atoms with van der Waals surface area (Å²) in [5.41, 5.74) is 6.26. The number of phenolic OH excluding ortho intramolecular Hbond substituents is 1. The number of hydrogen-bond acceptors (Lipinski definition) is 7. The van der Waals surface area contributed by atoms with Crippen LogP contribution in [0.15, 0.2) is 24.3 Å². The van der Waals surface area contributed by atoms with Gasteiger partial charge in [0.15, 0.2) is 0 Å². The second-order valence-corrected chi connectivity index (χ2v) is 8.03. The first kappa shape index (κ1) is 27.2. The predicted molar refractivity (Wildman–Crippen MR) is 122 cm³/mol. The van der Waals surface area contributed by atoms with Gasteiger partial charge >= 0.3 is 5.97 Å². The molecule has 7 N–H and O–H groups in total. The van der Waals surface area contributed by atoms with Gasteiger partial charge in [-0.3, -0.25) is 14.4 Å². The van der Waals surface area contributed by atoms with Gasteiger partial charge in [0.25, 0.3) is 0 Å². The molecule has 0 fully saturated rings. The third kappa shape index (κ3) is 8.39.